The molecule has 2 aromatic rings. The molecule has 18 nitrogen and oxygen atoms in total. The fourth-order valence-corrected chi connectivity index (χ4v) is 9.37. The number of piperidine rings is 4. The van der Waals surface area contributed by atoms with Gasteiger partial charge in [-0.15, -0.1) is 0 Å². The van der Waals surface area contributed by atoms with Crippen LogP contribution in [-0.4, -0.2) is 135 Å². The van der Waals surface area contributed by atoms with Crippen LogP contribution < -0.4 is 20.4 Å². The molecule has 0 aromatic heterocycles. The number of hydrogen-bond donors (Lipinski definition) is 2. The number of imide groups is 4. The fraction of sp³-hybridized carbons (Fsp3) is 0.543. The smallest absolute Gasteiger partial charge is 0.262 e. The van der Waals surface area contributed by atoms with E-state index in [9.17, 15) is 43.2 Å². The summed E-state index contributed by atoms with van der Waals surface area (Å²) in [4.78, 5) is 116. The zero-order chi connectivity index (χ0) is 45.5. The lowest BCUT2D eigenvalue weighted by molar-refractivity contribution is -0.137. The number of amides is 8. The number of rotatable bonds is 10. The third-order valence-corrected chi connectivity index (χ3v) is 13.1. The molecule has 64 heavy (non-hydrogen) atoms. The van der Waals surface area contributed by atoms with E-state index in [0.717, 1.165) is 99.0 Å². The van der Waals surface area contributed by atoms with Crippen molar-refractivity contribution in [2.45, 2.75) is 95.4 Å². The number of aldehydes is 1. The van der Waals surface area contributed by atoms with Crippen LogP contribution in [-0.2, 0) is 38.2 Å². The van der Waals surface area contributed by atoms with Gasteiger partial charge in [0, 0.05) is 90.7 Å². The van der Waals surface area contributed by atoms with E-state index in [1.165, 1.54) is 12.8 Å². The van der Waals surface area contributed by atoms with Crippen LogP contribution in [0.4, 0.5) is 11.4 Å². The Balaban J connectivity index is 0.000000173. The first-order valence-corrected chi connectivity index (χ1v) is 22.2. The quantitative estimate of drug-likeness (QED) is 0.199. The van der Waals surface area contributed by atoms with Gasteiger partial charge < -0.3 is 28.8 Å². The molecule has 0 radical (unpaired) electrons. The minimum Gasteiger partial charge on any atom is -0.381 e. The summed E-state index contributed by atoms with van der Waals surface area (Å²) in [5.74, 6) is -3.03. The molecule has 8 amide bonds. The second kappa shape index (κ2) is 20.8. The standard InChI is InChI=1S/C22H27N3O6.C20H21N3O5.C4H8O/c1-30-19(31-2)11-13-7-9-24(10-8-13)14-3-4-15-16(12-14)22(29)25(21(15)28)17-5-6-18(26)23-20(17)27;24-10-7-12-5-8-22(9-6-12)13-1-2-14-15(11-13)20(28)23(19(14)27)16-3-4-17(25)21-18(16)26;1-2-4-5-3-1/h3-4,12-13,17,19H,5-11H2,1-2H3,(H,23,26,27);1-2,10-12,16H,3-9H2,(H,21,25,26);1-4H2. The maximum Gasteiger partial charge on any atom is 0.262 e. The summed E-state index contributed by atoms with van der Waals surface area (Å²) in [6.07, 6.45) is 9.03. The third-order valence-electron chi connectivity index (χ3n) is 13.1. The zero-order valence-corrected chi connectivity index (χ0v) is 36.3. The van der Waals surface area contributed by atoms with Crippen molar-refractivity contribution in [1.82, 2.24) is 20.4 Å². The van der Waals surface area contributed by atoms with Gasteiger partial charge in [0.1, 0.15) is 18.4 Å². The van der Waals surface area contributed by atoms with Crippen LogP contribution in [0.15, 0.2) is 36.4 Å². The summed E-state index contributed by atoms with van der Waals surface area (Å²) >= 11 is 0. The van der Waals surface area contributed by atoms with Crippen LogP contribution in [0.3, 0.4) is 0 Å². The molecule has 7 aliphatic rings. The molecule has 2 N–H and O–H groups in total. The van der Waals surface area contributed by atoms with E-state index in [0.29, 0.717) is 34.9 Å². The molecule has 0 spiro atoms. The molecule has 7 heterocycles. The summed E-state index contributed by atoms with van der Waals surface area (Å²) in [5.41, 5.74) is 2.94. The third kappa shape index (κ3) is 10.1. The zero-order valence-electron chi connectivity index (χ0n) is 36.3. The molecule has 342 valence electrons. The number of carbonyl (C=O) groups excluding carboxylic acids is 9. The average molecular weight is 885 g/mol. The molecule has 5 saturated heterocycles. The van der Waals surface area contributed by atoms with Crippen LogP contribution in [0.2, 0.25) is 0 Å². The second-order valence-corrected chi connectivity index (χ2v) is 17.1. The van der Waals surface area contributed by atoms with Gasteiger partial charge in [0.15, 0.2) is 6.29 Å². The maximum absolute atomic E-state index is 13.0. The first-order chi connectivity index (χ1) is 30.9. The Hall–Kier alpha value is -5.85. The highest BCUT2D eigenvalue weighted by atomic mass is 16.7. The number of benzene rings is 2. The first-order valence-electron chi connectivity index (χ1n) is 22.2. The highest BCUT2D eigenvalue weighted by molar-refractivity contribution is 6.24. The van der Waals surface area contributed by atoms with Crippen molar-refractivity contribution < 1.29 is 57.4 Å². The molecule has 9 rings (SSSR count). The van der Waals surface area contributed by atoms with Crippen molar-refractivity contribution in [3.63, 3.8) is 0 Å². The number of nitrogens with zero attached hydrogens (tertiary/aromatic N) is 4. The topological polar surface area (TPSA) is 218 Å². The number of ether oxygens (including phenoxy) is 3. The maximum atomic E-state index is 13.0. The predicted octanol–water partition coefficient (Wildman–Crippen LogP) is 3.00. The van der Waals surface area contributed by atoms with E-state index in [1.54, 1.807) is 38.5 Å². The van der Waals surface area contributed by atoms with Gasteiger partial charge in [0.05, 0.1) is 22.3 Å². The SMILES string of the molecule is C1CCOC1.COC(CC1CCN(c2ccc3c(c2)C(=O)N(C2CCC(=O)NC2=O)C3=O)CC1)OC.O=CCC1CCN(c2ccc3c(c2)C(=O)N(C2CCC(=O)NC2=O)C3=O)CC1. The molecule has 0 saturated carbocycles. The van der Waals surface area contributed by atoms with Gasteiger partial charge >= 0.3 is 0 Å². The van der Waals surface area contributed by atoms with Crippen LogP contribution in [0.25, 0.3) is 0 Å². The summed E-state index contributed by atoms with van der Waals surface area (Å²) < 4.78 is 15.5. The molecule has 2 unspecified atom stereocenters. The lowest BCUT2D eigenvalue weighted by Crippen LogP contribution is -2.54. The number of hydrogen-bond acceptors (Lipinski definition) is 14. The van der Waals surface area contributed by atoms with Gasteiger partial charge in [0.2, 0.25) is 23.6 Å². The number of methoxy groups -OCH3 is 2. The van der Waals surface area contributed by atoms with Crippen LogP contribution >= 0.6 is 0 Å². The van der Waals surface area contributed by atoms with E-state index in [2.05, 4.69) is 20.4 Å². The van der Waals surface area contributed by atoms with Crippen molar-refractivity contribution >= 4 is 64.9 Å². The van der Waals surface area contributed by atoms with Crippen LogP contribution in [0.5, 0.6) is 0 Å². The van der Waals surface area contributed by atoms with Crippen molar-refractivity contribution in [3.8, 4) is 0 Å². The van der Waals surface area contributed by atoms with Crippen molar-refractivity contribution in [1.29, 1.82) is 0 Å². The van der Waals surface area contributed by atoms with Crippen molar-refractivity contribution in [3.05, 3.63) is 58.7 Å². The highest BCUT2D eigenvalue weighted by Crippen LogP contribution is 2.35. The molecule has 7 aliphatic heterocycles. The lowest BCUT2D eigenvalue weighted by atomic mass is 9.92. The van der Waals surface area contributed by atoms with E-state index in [1.807, 2.05) is 12.1 Å². The minimum absolute atomic E-state index is 0.102. The van der Waals surface area contributed by atoms with Gasteiger partial charge in [-0.05, 0) is 99.6 Å². The van der Waals surface area contributed by atoms with Crippen LogP contribution in [0.1, 0.15) is 118 Å². The van der Waals surface area contributed by atoms with Gasteiger partial charge in [-0.25, -0.2) is 0 Å². The number of nitrogens with one attached hydrogen (secondary N) is 2. The van der Waals surface area contributed by atoms with E-state index >= 15 is 0 Å². The van der Waals surface area contributed by atoms with E-state index in [4.69, 9.17) is 14.2 Å². The Labute approximate surface area is 371 Å². The molecule has 0 bridgehead atoms. The average Bonchev–Trinajstić information content (AvgIpc) is 4.03. The Morgan fingerprint density at radius 2 is 1.03 bits per heavy atom. The predicted molar refractivity (Wildman–Crippen MR) is 229 cm³/mol. The molecule has 2 atom stereocenters. The Morgan fingerprint density at radius 1 is 0.609 bits per heavy atom. The molecule has 2 aromatic carbocycles. The van der Waals surface area contributed by atoms with Gasteiger partial charge in [0.25, 0.3) is 23.6 Å². The van der Waals surface area contributed by atoms with Gasteiger partial charge in [-0.2, -0.15) is 0 Å². The Morgan fingerprint density at radius 3 is 1.41 bits per heavy atom. The van der Waals surface area contributed by atoms with Gasteiger partial charge in [-0.3, -0.25) is 58.8 Å². The summed E-state index contributed by atoms with van der Waals surface area (Å²) in [5, 5.41) is 4.41. The number of anilines is 2. The molecule has 0 aliphatic carbocycles. The monoisotopic (exact) mass is 884 g/mol. The lowest BCUT2D eigenvalue weighted by Gasteiger charge is -2.34. The summed E-state index contributed by atoms with van der Waals surface area (Å²) in [7, 11) is 3.29. The summed E-state index contributed by atoms with van der Waals surface area (Å²) in [6, 6.07) is 8.52. The van der Waals surface area contributed by atoms with E-state index < -0.39 is 53.4 Å². The molecule has 5 fully saturated rings. The van der Waals surface area contributed by atoms with E-state index in [-0.39, 0.29) is 43.4 Å². The van der Waals surface area contributed by atoms with Gasteiger partial charge in [-0.1, -0.05) is 0 Å². The minimum atomic E-state index is -0.951. The fourth-order valence-electron chi connectivity index (χ4n) is 9.37. The van der Waals surface area contributed by atoms with Crippen molar-refractivity contribution in [2.75, 3.05) is 63.4 Å². The van der Waals surface area contributed by atoms with Crippen LogP contribution in [0, 0.1) is 11.8 Å². The molecular formula is C46H56N6O12. The Bertz CT molecular complexity index is 2150. The number of fused-ring (bicyclic) bond motifs is 2. The highest BCUT2D eigenvalue weighted by Gasteiger charge is 2.46. The molecule has 18 heteroatoms. The van der Waals surface area contributed by atoms with Crippen molar-refractivity contribution in [2.24, 2.45) is 11.8 Å². The molecular weight excluding hydrogens is 829 g/mol. The number of carbonyl (C=O) groups is 9. The normalized spacial score (nSPS) is 22.8. The second-order valence-electron chi connectivity index (χ2n) is 17.1. The largest absolute Gasteiger partial charge is 0.381 e. The first kappa shape index (κ1) is 46.2. The summed E-state index contributed by atoms with van der Waals surface area (Å²) in [6.45, 7) is 5.25. The Kier molecular flexibility index (Phi) is 15.0.